The van der Waals surface area contributed by atoms with Gasteiger partial charge in [0.05, 0.1) is 13.2 Å². The molecule has 0 aliphatic carbocycles. The number of fused-ring (bicyclic) bond motifs is 1. The number of ether oxygens (including phenoxy) is 2. The van der Waals surface area contributed by atoms with Crippen LogP contribution in [-0.4, -0.2) is 40.3 Å². The van der Waals surface area contributed by atoms with Crippen LogP contribution in [0.1, 0.15) is 34.0 Å². The molecular weight excluding hydrogens is 432 g/mol. The fourth-order valence-electron chi connectivity index (χ4n) is 4.42. The third kappa shape index (κ3) is 4.39. The van der Waals surface area contributed by atoms with Crippen LogP contribution in [0.5, 0.6) is 17.2 Å². The number of carbonyl (C=O) groups excluding carboxylic acids is 1. The molecule has 0 aromatic heterocycles. The summed E-state index contributed by atoms with van der Waals surface area (Å²) in [7, 11) is 0. The molecule has 3 aromatic rings. The fourth-order valence-corrected chi connectivity index (χ4v) is 4.42. The van der Waals surface area contributed by atoms with Crippen LogP contribution in [0.2, 0.25) is 0 Å². The summed E-state index contributed by atoms with van der Waals surface area (Å²) in [6, 6.07) is 18.4. The number of anilines is 1. The average molecular weight is 461 g/mol. The maximum Gasteiger partial charge on any atom is 0.262 e. The van der Waals surface area contributed by atoms with Crippen LogP contribution in [0.25, 0.3) is 0 Å². The molecule has 0 saturated carbocycles. The maximum absolute atomic E-state index is 13.5. The van der Waals surface area contributed by atoms with Crippen LogP contribution in [0.15, 0.2) is 60.7 Å². The van der Waals surface area contributed by atoms with Crippen LogP contribution in [0.3, 0.4) is 0 Å². The summed E-state index contributed by atoms with van der Waals surface area (Å²) in [5.74, 6) is -0.182. The molecule has 2 aliphatic heterocycles. The van der Waals surface area contributed by atoms with Crippen molar-refractivity contribution < 1.29 is 24.5 Å². The second-order valence-electron chi connectivity index (χ2n) is 8.95. The number of nitrogens with zero attached hydrogens (tertiary/aromatic N) is 1. The number of phenols is 2. The Labute approximate surface area is 198 Å². The molecule has 7 nitrogen and oxygen atoms in total. The molecule has 2 heterocycles. The first kappa shape index (κ1) is 22.1. The van der Waals surface area contributed by atoms with E-state index in [0.29, 0.717) is 19.0 Å². The summed E-state index contributed by atoms with van der Waals surface area (Å²) in [6.07, 6.45) is 0. The minimum Gasteiger partial charge on any atom is -0.508 e. The van der Waals surface area contributed by atoms with Gasteiger partial charge in [-0.25, -0.2) is 0 Å². The molecule has 3 N–H and O–H groups in total. The van der Waals surface area contributed by atoms with Gasteiger partial charge >= 0.3 is 0 Å². The zero-order chi connectivity index (χ0) is 23.7. The third-order valence-electron chi connectivity index (χ3n) is 6.54. The molecule has 0 spiro atoms. The first-order valence-corrected chi connectivity index (χ1v) is 11.5. The molecule has 0 bridgehead atoms. The Morgan fingerprint density at radius 1 is 1.12 bits per heavy atom. The van der Waals surface area contributed by atoms with E-state index in [9.17, 15) is 15.0 Å². The molecule has 1 fully saturated rings. The molecule has 1 atom stereocenters. The zero-order valence-electron chi connectivity index (χ0n) is 19.0. The Bertz CT molecular complexity index is 1190. The van der Waals surface area contributed by atoms with Gasteiger partial charge < -0.3 is 29.9 Å². The van der Waals surface area contributed by atoms with Gasteiger partial charge in [0.1, 0.15) is 29.4 Å². The van der Waals surface area contributed by atoms with Crippen LogP contribution < -0.4 is 10.1 Å². The lowest BCUT2D eigenvalue weighted by Gasteiger charge is -2.33. The molecule has 3 aromatic carbocycles. The normalized spacial score (nSPS) is 16.0. The van der Waals surface area contributed by atoms with Crippen LogP contribution in [-0.2, 0) is 24.4 Å². The van der Waals surface area contributed by atoms with Crippen LogP contribution >= 0.6 is 0 Å². The predicted molar refractivity (Wildman–Crippen MR) is 128 cm³/mol. The van der Waals surface area contributed by atoms with Gasteiger partial charge in [-0.1, -0.05) is 42.5 Å². The van der Waals surface area contributed by atoms with Crippen LogP contribution in [0, 0.1) is 5.92 Å². The predicted octanol–water partition coefficient (Wildman–Crippen LogP) is 4.28. The number of hydrogen-bond acceptors (Lipinski definition) is 6. The van der Waals surface area contributed by atoms with Crippen LogP contribution in [0.4, 0.5) is 5.69 Å². The smallest absolute Gasteiger partial charge is 0.262 e. The summed E-state index contributed by atoms with van der Waals surface area (Å²) in [5.41, 5.74) is 4.13. The molecule has 176 valence electrons. The highest BCUT2D eigenvalue weighted by molar-refractivity contribution is 6.00. The first-order chi connectivity index (χ1) is 16.5. The van der Waals surface area contributed by atoms with Crippen molar-refractivity contribution in [3.05, 3.63) is 82.9 Å². The quantitative estimate of drug-likeness (QED) is 0.488. The van der Waals surface area contributed by atoms with Crippen molar-refractivity contribution in [2.75, 3.05) is 18.5 Å². The van der Waals surface area contributed by atoms with E-state index in [-0.39, 0.29) is 41.4 Å². The van der Waals surface area contributed by atoms with E-state index in [1.165, 1.54) is 12.1 Å². The van der Waals surface area contributed by atoms with Gasteiger partial charge in [0.15, 0.2) is 0 Å². The number of hydrogen-bond donors (Lipinski definition) is 3. The second-order valence-corrected chi connectivity index (χ2v) is 8.95. The molecular formula is C27H28N2O5. The van der Waals surface area contributed by atoms with Crippen molar-refractivity contribution in [3.63, 3.8) is 0 Å². The zero-order valence-corrected chi connectivity index (χ0v) is 19.0. The summed E-state index contributed by atoms with van der Waals surface area (Å²) in [4.78, 5) is 15.2. The number of benzene rings is 3. The topological polar surface area (TPSA) is 91.3 Å². The van der Waals surface area contributed by atoms with E-state index in [1.807, 2.05) is 48.5 Å². The Hall–Kier alpha value is -3.71. The Morgan fingerprint density at radius 2 is 1.91 bits per heavy atom. The molecule has 0 radical (unpaired) electrons. The highest BCUT2D eigenvalue weighted by atomic mass is 16.5. The maximum atomic E-state index is 13.5. The number of carbonyl (C=O) groups is 1. The summed E-state index contributed by atoms with van der Waals surface area (Å²) < 4.78 is 11.2. The minimum absolute atomic E-state index is 0.0519. The van der Waals surface area contributed by atoms with Gasteiger partial charge in [0.2, 0.25) is 0 Å². The summed E-state index contributed by atoms with van der Waals surface area (Å²) >= 11 is 0. The van der Waals surface area contributed by atoms with Crippen molar-refractivity contribution in [1.82, 2.24) is 4.90 Å². The van der Waals surface area contributed by atoms with E-state index in [0.717, 1.165) is 35.6 Å². The first-order valence-electron chi connectivity index (χ1n) is 11.5. The van der Waals surface area contributed by atoms with Gasteiger partial charge in [0, 0.05) is 42.9 Å². The van der Waals surface area contributed by atoms with Gasteiger partial charge in [-0.05, 0) is 29.7 Å². The number of nitrogens with one attached hydrogen (secondary N) is 1. The molecule has 5 rings (SSSR count). The monoisotopic (exact) mass is 460 g/mol. The number of aromatic hydroxyl groups is 2. The Morgan fingerprint density at radius 3 is 2.65 bits per heavy atom. The van der Waals surface area contributed by atoms with Crippen molar-refractivity contribution in [1.29, 1.82) is 0 Å². The lowest BCUT2D eigenvalue weighted by atomic mass is 9.98. The van der Waals surface area contributed by atoms with Gasteiger partial charge in [-0.3, -0.25) is 4.79 Å². The highest BCUT2D eigenvalue weighted by Gasteiger charge is 2.31. The van der Waals surface area contributed by atoms with E-state index in [1.54, 1.807) is 4.90 Å². The molecule has 2 aliphatic rings. The fraction of sp³-hybridized carbons (Fsp3) is 0.296. The minimum atomic E-state index is -0.344. The van der Waals surface area contributed by atoms with Gasteiger partial charge in [-0.2, -0.15) is 0 Å². The SMILES string of the molecule is CC(Nc1cccc2c1CN(C(=O)c1c(O)cc(O)cc1OCc1ccccc1)C2)C1COC1. The van der Waals surface area contributed by atoms with Crippen molar-refractivity contribution in [3.8, 4) is 17.2 Å². The standard InChI is InChI=1S/C27H28N2O5/c1-17(20-15-33-16-20)28-23-9-5-8-19-12-29(13-22(19)23)27(32)26-24(31)10-21(30)11-25(26)34-14-18-6-3-2-4-7-18/h2-11,17,20,28,30-31H,12-16H2,1H3. The van der Waals surface area contributed by atoms with E-state index < -0.39 is 0 Å². The lowest BCUT2D eigenvalue weighted by Crippen LogP contribution is -2.40. The van der Waals surface area contributed by atoms with Gasteiger partial charge in [0.25, 0.3) is 5.91 Å². The Balaban J connectivity index is 1.36. The molecule has 34 heavy (non-hydrogen) atoms. The van der Waals surface area contributed by atoms with Crippen molar-refractivity contribution in [2.24, 2.45) is 5.92 Å². The molecule has 7 heteroatoms. The lowest BCUT2D eigenvalue weighted by molar-refractivity contribution is -0.0379. The van der Waals surface area contributed by atoms with E-state index in [4.69, 9.17) is 9.47 Å². The van der Waals surface area contributed by atoms with E-state index >= 15 is 0 Å². The summed E-state index contributed by atoms with van der Waals surface area (Å²) in [5, 5.41) is 24.2. The van der Waals surface area contributed by atoms with Gasteiger partial charge in [-0.15, -0.1) is 0 Å². The second kappa shape index (κ2) is 9.27. The van der Waals surface area contributed by atoms with E-state index in [2.05, 4.69) is 12.2 Å². The third-order valence-corrected chi connectivity index (χ3v) is 6.54. The Kier molecular flexibility index (Phi) is 6.02. The van der Waals surface area contributed by atoms with Crippen molar-refractivity contribution >= 4 is 11.6 Å². The number of phenolic OH excluding ortho intramolecular Hbond substituents is 2. The molecule has 1 saturated heterocycles. The highest BCUT2D eigenvalue weighted by Crippen LogP contribution is 2.37. The average Bonchev–Trinajstić information content (AvgIpc) is 3.22. The number of amides is 1. The number of rotatable bonds is 7. The largest absolute Gasteiger partial charge is 0.508 e. The molecule has 1 amide bonds. The molecule has 1 unspecified atom stereocenters. The van der Waals surface area contributed by atoms with Crippen molar-refractivity contribution in [2.45, 2.75) is 32.7 Å². The summed E-state index contributed by atoms with van der Waals surface area (Å²) in [6.45, 7) is 4.74.